The molecule has 0 radical (unpaired) electrons. The van der Waals surface area contributed by atoms with Crippen LogP contribution in [0.1, 0.15) is 6.92 Å². The first-order valence-corrected chi connectivity index (χ1v) is 5.84. The smallest absolute Gasteiger partial charge is 0.182 e. The van der Waals surface area contributed by atoms with E-state index in [2.05, 4.69) is 12.0 Å². The van der Waals surface area contributed by atoms with E-state index < -0.39 is 0 Å². The van der Waals surface area contributed by atoms with Crippen molar-refractivity contribution in [1.29, 1.82) is 5.41 Å². The number of thioether (sulfide) groups is 1. The van der Waals surface area contributed by atoms with Crippen molar-refractivity contribution in [2.45, 2.75) is 11.8 Å². The van der Waals surface area contributed by atoms with Crippen LogP contribution in [0.15, 0.2) is 34.3 Å². The van der Waals surface area contributed by atoms with Crippen LogP contribution in [-0.2, 0) is 0 Å². The van der Waals surface area contributed by atoms with Crippen molar-refractivity contribution in [2.75, 3.05) is 6.54 Å². The topological polar surface area (TPSA) is 59.7 Å². The Balaban J connectivity index is 2.03. The zero-order chi connectivity index (χ0) is 11.5. The van der Waals surface area contributed by atoms with Crippen LogP contribution >= 0.6 is 11.8 Å². The normalized spacial score (nSPS) is 19.1. The number of para-hydroxylation sites is 1. The molecule has 0 amide bonds. The van der Waals surface area contributed by atoms with E-state index in [9.17, 15) is 5.11 Å². The lowest BCUT2D eigenvalue weighted by Crippen LogP contribution is -2.21. The summed E-state index contributed by atoms with van der Waals surface area (Å²) >= 11 is 1.21. The van der Waals surface area contributed by atoms with Crippen molar-refractivity contribution in [3.05, 3.63) is 24.3 Å². The number of phenols is 1. The third kappa shape index (κ3) is 2.36. The van der Waals surface area contributed by atoms with E-state index in [4.69, 9.17) is 5.41 Å². The van der Waals surface area contributed by atoms with Gasteiger partial charge in [-0.1, -0.05) is 19.1 Å². The minimum Gasteiger partial charge on any atom is -0.507 e. The van der Waals surface area contributed by atoms with Crippen LogP contribution in [0.4, 0.5) is 0 Å². The van der Waals surface area contributed by atoms with Crippen LogP contribution in [0.3, 0.4) is 0 Å². The van der Waals surface area contributed by atoms with Crippen molar-refractivity contribution in [3.8, 4) is 5.75 Å². The van der Waals surface area contributed by atoms with E-state index in [1.807, 2.05) is 12.3 Å². The van der Waals surface area contributed by atoms with Gasteiger partial charge < -0.3 is 5.11 Å². The summed E-state index contributed by atoms with van der Waals surface area (Å²) in [5.41, 5.74) is 0. The zero-order valence-electron chi connectivity index (χ0n) is 8.92. The molecule has 1 unspecified atom stereocenters. The van der Waals surface area contributed by atoms with Crippen molar-refractivity contribution in [1.82, 2.24) is 5.01 Å². The molecule has 0 aliphatic carbocycles. The number of nitrogens with zero attached hydrogens (tertiary/aromatic N) is 2. The molecule has 1 aromatic carbocycles. The average molecular weight is 235 g/mol. The van der Waals surface area contributed by atoms with Gasteiger partial charge in [0.05, 0.1) is 11.4 Å². The van der Waals surface area contributed by atoms with Crippen LogP contribution in [0.2, 0.25) is 0 Å². The van der Waals surface area contributed by atoms with E-state index >= 15 is 0 Å². The second-order valence-electron chi connectivity index (χ2n) is 3.70. The quantitative estimate of drug-likeness (QED) is 0.446. The fourth-order valence-corrected chi connectivity index (χ4v) is 2.15. The first kappa shape index (κ1) is 11.0. The fourth-order valence-electron chi connectivity index (χ4n) is 1.40. The maximum Gasteiger partial charge on any atom is 0.182 e. The Labute approximate surface area is 98.5 Å². The molecule has 1 aliphatic rings. The van der Waals surface area contributed by atoms with Crippen molar-refractivity contribution in [2.24, 2.45) is 11.0 Å². The highest BCUT2D eigenvalue weighted by Crippen LogP contribution is 2.30. The van der Waals surface area contributed by atoms with E-state index in [1.54, 1.807) is 23.2 Å². The Hall–Kier alpha value is -1.49. The van der Waals surface area contributed by atoms with Crippen molar-refractivity contribution in [3.63, 3.8) is 0 Å². The van der Waals surface area contributed by atoms with Gasteiger partial charge in [0.25, 0.3) is 0 Å². The Morgan fingerprint density at radius 3 is 2.94 bits per heavy atom. The Morgan fingerprint density at radius 2 is 2.31 bits per heavy atom. The third-order valence-corrected chi connectivity index (χ3v) is 3.20. The minimum atomic E-state index is 0.202. The molecule has 0 aromatic heterocycles. The molecule has 5 heteroatoms. The maximum atomic E-state index is 9.58. The molecule has 0 fully saturated rings. The molecule has 1 aliphatic heterocycles. The number of aromatic hydroxyl groups is 1. The number of amidine groups is 1. The lowest BCUT2D eigenvalue weighted by Gasteiger charge is -2.15. The van der Waals surface area contributed by atoms with Crippen LogP contribution in [-0.4, -0.2) is 28.0 Å². The first-order chi connectivity index (χ1) is 7.66. The molecule has 2 rings (SSSR count). The van der Waals surface area contributed by atoms with Gasteiger partial charge in [-0.15, -0.1) is 0 Å². The summed E-state index contributed by atoms with van der Waals surface area (Å²) in [5, 5.41) is 23.6. The third-order valence-electron chi connectivity index (χ3n) is 2.23. The fraction of sp³-hybridized carbons (Fsp3) is 0.273. The highest BCUT2D eigenvalue weighted by atomic mass is 32.2. The summed E-state index contributed by atoms with van der Waals surface area (Å²) < 4.78 is 0. The molecule has 2 N–H and O–H groups in total. The highest BCUT2D eigenvalue weighted by Gasteiger charge is 2.18. The van der Waals surface area contributed by atoms with Gasteiger partial charge in [0, 0.05) is 12.1 Å². The molecular formula is C11H13N3OS. The lowest BCUT2D eigenvalue weighted by atomic mass is 10.2. The summed E-state index contributed by atoms with van der Waals surface area (Å²) in [6.07, 6.45) is 1.83. The van der Waals surface area contributed by atoms with Crippen molar-refractivity contribution >= 4 is 23.1 Å². The van der Waals surface area contributed by atoms with Crippen LogP contribution in [0.5, 0.6) is 5.75 Å². The molecule has 84 valence electrons. The molecule has 0 spiro atoms. The summed E-state index contributed by atoms with van der Waals surface area (Å²) in [5.74, 6) is 0.582. The second kappa shape index (κ2) is 4.57. The number of benzene rings is 1. The van der Waals surface area contributed by atoms with Gasteiger partial charge in [-0.3, -0.25) is 5.41 Å². The number of phenolic OH excluding ortho intramolecular Hbond substituents is 1. The highest BCUT2D eigenvalue weighted by molar-refractivity contribution is 8.13. The number of hydrazone groups is 1. The maximum absolute atomic E-state index is 9.58. The Kier molecular flexibility index (Phi) is 3.14. The summed E-state index contributed by atoms with van der Waals surface area (Å²) in [4.78, 5) is 0.683. The SMILES string of the molecule is CC1C=NN(C(=N)Sc2ccccc2O)C1. The van der Waals surface area contributed by atoms with E-state index in [0.29, 0.717) is 16.0 Å². The van der Waals surface area contributed by atoms with Crippen LogP contribution < -0.4 is 0 Å². The predicted octanol–water partition coefficient (Wildman–Crippen LogP) is 2.36. The Bertz CT molecular complexity index is 433. The molecule has 0 saturated carbocycles. The molecule has 0 saturated heterocycles. The molecule has 1 atom stereocenters. The second-order valence-corrected chi connectivity index (χ2v) is 4.73. The lowest BCUT2D eigenvalue weighted by molar-refractivity contribution is 0.459. The molecule has 1 heterocycles. The average Bonchev–Trinajstić information content (AvgIpc) is 2.68. The van der Waals surface area contributed by atoms with Gasteiger partial charge in [0.2, 0.25) is 0 Å². The summed E-state index contributed by atoms with van der Waals surface area (Å²) in [6, 6.07) is 7.01. The monoisotopic (exact) mass is 235 g/mol. The Morgan fingerprint density at radius 1 is 1.56 bits per heavy atom. The molecule has 1 aromatic rings. The molecule has 16 heavy (non-hydrogen) atoms. The minimum absolute atomic E-state index is 0.202. The van der Waals surface area contributed by atoms with E-state index in [1.165, 1.54) is 11.8 Å². The largest absolute Gasteiger partial charge is 0.507 e. The van der Waals surface area contributed by atoms with Gasteiger partial charge in [-0.05, 0) is 23.9 Å². The number of rotatable bonds is 1. The number of hydrogen-bond donors (Lipinski definition) is 2. The molecule has 4 nitrogen and oxygen atoms in total. The molecular weight excluding hydrogens is 222 g/mol. The standard InChI is InChI=1S/C11H13N3OS/c1-8-6-13-14(7-8)11(12)16-10-5-3-2-4-9(10)15/h2-6,8,12,15H,7H2,1H3. The van der Waals surface area contributed by atoms with Gasteiger partial charge in [-0.25, -0.2) is 5.01 Å². The van der Waals surface area contributed by atoms with Crippen LogP contribution in [0.25, 0.3) is 0 Å². The van der Waals surface area contributed by atoms with Crippen molar-refractivity contribution < 1.29 is 5.11 Å². The van der Waals surface area contributed by atoms with Gasteiger partial charge >= 0.3 is 0 Å². The predicted molar refractivity (Wildman–Crippen MR) is 66.1 cm³/mol. The zero-order valence-corrected chi connectivity index (χ0v) is 9.74. The van der Waals surface area contributed by atoms with Gasteiger partial charge in [0.1, 0.15) is 5.75 Å². The summed E-state index contributed by atoms with van der Waals surface area (Å²) in [6.45, 7) is 2.79. The molecule has 0 bridgehead atoms. The van der Waals surface area contributed by atoms with Gasteiger partial charge in [-0.2, -0.15) is 5.10 Å². The van der Waals surface area contributed by atoms with E-state index in [-0.39, 0.29) is 5.75 Å². The summed E-state index contributed by atoms with van der Waals surface area (Å²) in [7, 11) is 0. The van der Waals surface area contributed by atoms with Gasteiger partial charge in [0.15, 0.2) is 5.17 Å². The van der Waals surface area contributed by atoms with Crippen LogP contribution in [0, 0.1) is 11.3 Å². The van der Waals surface area contributed by atoms with E-state index in [0.717, 1.165) is 6.54 Å². The first-order valence-electron chi connectivity index (χ1n) is 5.03. The number of hydrogen-bond acceptors (Lipinski definition) is 4. The number of nitrogens with one attached hydrogen (secondary N) is 1.